The van der Waals surface area contributed by atoms with E-state index in [9.17, 15) is 10.2 Å². The molecule has 0 aliphatic rings. The zero-order chi connectivity index (χ0) is 18.1. The average Bonchev–Trinajstić information content (AvgIpc) is 2.98. The molecular formula is C21H19N3O2. The Balaban J connectivity index is 1.82. The molecule has 5 heteroatoms. The van der Waals surface area contributed by atoms with Gasteiger partial charge in [-0.1, -0.05) is 30.3 Å². The van der Waals surface area contributed by atoms with Crippen molar-refractivity contribution in [1.82, 2.24) is 9.38 Å². The molecule has 4 rings (SSSR count). The molecule has 0 radical (unpaired) electrons. The number of hydrogen-bond donors (Lipinski definition) is 3. The number of rotatable bonds is 4. The summed E-state index contributed by atoms with van der Waals surface area (Å²) in [7, 11) is 0. The van der Waals surface area contributed by atoms with Gasteiger partial charge in [-0.3, -0.25) is 4.40 Å². The maximum absolute atomic E-state index is 10.3. The molecule has 4 aromatic rings. The smallest absolute Gasteiger partial charge is 0.139 e. The summed E-state index contributed by atoms with van der Waals surface area (Å²) in [5, 5.41) is 23.7. The van der Waals surface area contributed by atoms with Crippen LogP contribution in [-0.2, 0) is 6.54 Å². The van der Waals surface area contributed by atoms with Crippen LogP contribution in [0.1, 0.15) is 11.1 Å². The molecule has 0 fully saturated rings. The number of para-hydroxylation sites is 2. The first-order valence-corrected chi connectivity index (χ1v) is 8.41. The Morgan fingerprint density at radius 2 is 1.69 bits per heavy atom. The van der Waals surface area contributed by atoms with Gasteiger partial charge in [0.2, 0.25) is 0 Å². The maximum atomic E-state index is 10.3. The second-order valence-electron chi connectivity index (χ2n) is 6.24. The number of phenolic OH excluding ortho intramolecular Hbond substituents is 2. The predicted molar refractivity (Wildman–Crippen MR) is 102 cm³/mol. The summed E-state index contributed by atoms with van der Waals surface area (Å²) < 4.78 is 1.95. The van der Waals surface area contributed by atoms with Gasteiger partial charge in [0.1, 0.15) is 28.7 Å². The fourth-order valence-electron chi connectivity index (χ4n) is 3.02. The highest BCUT2D eigenvalue weighted by Gasteiger charge is 2.17. The van der Waals surface area contributed by atoms with Crippen LogP contribution in [-0.4, -0.2) is 19.6 Å². The van der Waals surface area contributed by atoms with Crippen molar-refractivity contribution in [1.29, 1.82) is 0 Å². The molecule has 0 aliphatic heterocycles. The number of aryl methyl sites for hydroxylation is 1. The molecule has 0 amide bonds. The number of imidazole rings is 1. The van der Waals surface area contributed by atoms with Crippen molar-refractivity contribution in [3.63, 3.8) is 0 Å². The second kappa shape index (κ2) is 6.44. The highest BCUT2D eigenvalue weighted by atomic mass is 16.3. The summed E-state index contributed by atoms with van der Waals surface area (Å²) in [6.07, 6.45) is 1.95. The summed E-state index contributed by atoms with van der Waals surface area (Å²) in [6.45, 7) is 2.46. The van der Waals surface area contributed by atoms with Gasteiger partial charge < -0.3 is 15.5 Å². The van der Waals surface area contributed by atoms with Crippen LogP contribution in [0.3, 0.4) is 0 Å². The molecular weight excluding hydrogens is 326 g/mol. The van der Waals surface area contributed by atoms with Gasteiger partial charge >= 0.3 is 0 Å². The first kappa shape index (κ1) is 16.0. The molecule has 0 saturated heterocycles. The third-order valence-corrected chi connectivity index (χ3v) is 4.38. The van der Waals surface area contributed by atoms with Gasteiger partial charge in [0.05, 0.1) is 0 Å². The largest absolute Gasteiger partial charge is 0.508 e. The lowest BCUT2D eigenvalue weighted by Crippen LogP contribution is -2.03. The highest BCUT2D eigenvalue weighted by Crippen LogP contribution is 2.35. The van der Waals surface area contributed by atoms with Crippen molar-refractivity contribution in [2.45, 2.75) is 13.5 Å². The Morgan fingerprint density at radius 3 is 2.46 bits per heavy atom. The van der Waals surface area contributed by atoms with Gasteiger partial charge in [-0.05, 0) is 42.8 Å². The van der Waals surface area contributed by atoms with Gasteiger partial charge in [-0.2, -0.15) is 0 Å². The van der Waals surface area contributed by atoms with Crippen LogP contribution in [0.5, 0.6) is 11.5 Å². The van der Waals surface area contributed by atoms with Crippen molar-refractivity contribution in [3.8, 4) is 22.8 Å². The second-order valence-corrected chi connectivity index (χ2v) is 6.24. The molecule has 0 aliphatic carbocycles. The van der Waals surface area contributed by atoms with E-state index in [4.69, 9.17) is 4.98 Å². The third-order valence-electron chi connectivity index (χ3n) is 4.38. The van der Waals surface area contributed by atoms with Crippen LogP contribution in [0.15, 0.2) is 66.9 Å². The SMILES string of the molecule is Cc1ccn2c(NCc3ccccc3O)c(-c3ccccc3O)nc2c1. The van der Waals surface area contributed by atoms with Crippen LogP contribution >= 0.6 is 0 Å². The number of benzene rings is 2. The Bertz CT molecular complexity index is 1090. The first-order valence-electron chi connectivity index (χ1n) is 8.41. The lowest BCUT2D eigenvalue weighted by molar-refractivity contribution is 0.469. The lowest BCUT2D eigenvalue weighted by Gasteiger charge is -2.11. The van der Waals surface area contributed by atoms with E-state index in [0.717, 1.165) is 22.6 Å². The number of nitrogens with zero attached hydrogens (tertiary/aromatic N) is 2. The molecule has 2 heterocycles. The monoisotopic (exact) mass is 345 g/mol. The Morgan fingerprint density at radius 1 is 0.962 bits per heavy atom. The van der Waals surface area contributed by atoms with Crippen LogP contribution < -0.4 is 5.32 Å². The molecule has 0 saturated carbocycles. The van der Waals surface area contributed by atoms with Gasteiger partial charge in [0, 0.05) is 23.9 Å². The highest BCUT2D eigenvalue weighted by molar-refractivity contribution is 5.80. The first-order chi connectivity index (χ1) is 12.6. The van der Waals surface area contributed by atoms with E-state index in [2.05, 4.69) is 5.32 Å². The Kier molecular flexibility index (Phi) is 3.97. The van der Waals surface area contributed by atoms with Crippen molar-refractivity contribution >= 4 is 11.5 Å². The maximum Gasteiger partial charge on any atom is 0.139 e. The standard InChI is InChI=1S/C21H19N3O2/c1-14-10-11-24-19(12-14)23-20(16-7-3-5-9-18(16)26)21(24)22-13-15-6-2-4-8-17(15)25/h2-12,22,25-26H,13H2,1H3. The molecule has 0 atom stereocenters. The molecule has 5 nitrogen and oxygen atoms in total. The number of nitrogens with one attached hydrogen (secondary N) is 1. The van der Waals surface area contributed by atoms with Crippen molar-refractivity contribution in [2.24, 2.45) is 0 Å². The zero-order valence-electron chi connectivity index (χ0n) is 14.3. The number of anilines is 1. The molecule has 3 N–H and O–H groups in total. The molecule has 0 spiro atoms. The van der Waals surface area contributed by atoms with E-state index >= 15 is 0 Å². The van der Waals surface area contributed by atoms with Crippen molar-refractivity contribution in [3.05, 3.63) is 78.0 Å². The molecule has 0 unspecified atom stereocenters. The van der Waals surface area contributed by atoms with Crippen molar-refractivity contribution < 1.29 is 10.2 Å². The summed E-state index contributed by atoms with van der Waals surface area (Å²) in [5.41, 5.74) is 4.03. The zero-order valence-corrected chi connectivity index (χ0v) is 14.3. The number of fused-ring (bicyclic) bond motifs is 1. The lowest BCUT2D eigenvalue weighted by atomic mass is 10.1. The third kappa shape index (κ3) is 2.84. The van der Waals surface area contributed by atoms with E-state index in [1.165, 1.54) is 0 Å². The average molecular weight is 345 g/mol. The van der Waals surface area contributed by atoms with Crippen LogP contribution in [0.25, 0.3) is 16.9 Å². The van der Waals surface area contributed by atoms with Crippen LogP contribution in [0.4, 0.5) is 5.82 Å². The van der Waals surface area contributed by atoms with E-state index in [1.54, 1.807) is 24.3 Å². The summed E-state index contributed by atoms with van der Waals surface area (Å²) in [6, 6.07) is 18.4. The van der Waals surface area contributed by atoms with E-state index < -0.39 is 0 Å². The number of aromatic hydroxyl groups is 2. The van der Waals surface area contributed by atoms with E-state index in [-0.39, 0.29) is 11.5 Å². The van der Waals surface area contributed by atoms with Crippen LogP contribution in [0, 0.1) is 6.92 Å². The molecule has 2 aromatic heterocycles. The fourth-order valence-corrected chi connectivity index (χ4v) is 3.02. The molecule has 26 heavy (non-hydrogen) atoms. The van der Waals surface area contributed by atoms with E-state index in [1.807, 2.05) is 53.9 Å². The minimum Gasteiger partial charge on any atom is -0.508 e. The topological polar surface area (TPSA) is 69.8 Å². The van der Waals surface area contributed by atoms with Crippen LogP contribution in [0.2, 0.25) is 0 Å². The predicted octanol–water partition coefficient (Wildman–Crippen LogP) is 4.33. The molecule has 2 aromatic carbocycles. The summed E-state index contributed by atoms with van der Waals surface area (Å²) >= 11 is 0. The van der Waals surface area contributed by atoms with Gasteiger partial charge in [-0.15, -0.1) is 0 Å². The minimum atomic E-state index is 0.179. The normalized spacial score (nSPS) is 11.0. The molecule has 130 valence electrons. The molecule has 0 bridgehead atoms. The van der Waals surface area contributed by atoms with Gasteiger partial charge in [0.25, 0.3) is 0 Å². The Hall–Kier alpha value is -3.47. The van der Waals surface area contributed by atoms with Gasteiger partial charge in [0.15, 0.2) is 0 Å². The number of phenols is 2. The number of pyridine rings is 1. The van der Waals surface area contributed by atoms with E-state index in [0.29, 0.717) is 17.8 Å². The fraction of sp³-hybridized carbons (Fsp3) is 0.0952. The van der Waals surface area contributed by atoms with Crippen molar-refractivity contribution in [2.75, 3.05) is 5.32 Å². The summed E-state index contributed by atoms with van der Waals surface area (Å²) in [4.78, 5) is 4.72. The minimum absolute atomic E-state index is 0.179. The Labute approximate surface area is 151 Å². The summed E-state index contributed by atoms with van der Waals surface area (Å²) in [5.74, 6) is 1.19. The van der Waals surface area contributed by atoms with Gasteiger partial charge in [-0.25, -0.2) is 4.98 Å². The number of hydrogen-bond acceptors (Lipinski definition) is 4. The number of aromatic nitrogens is 2. The quantitative estimate of drug-likeness (QED) is 0.515.